The number of carboxylic acid groups (broad SMARTS) is 1. The maximum absolute atomic E-state index is 12.7. The highest BCUT2D eigenvalue weighted by Gasteiger charge is 2.32. The van der Waals surface area contributed by atoms with Gasteiger partial charge in [0.1, 0.15) is 18.1 Å². The summed E-state index contributed by atoms with van der Waals surface area (Å²) in [5.74, 6) is -4.70. The van der Waals surface area contributed by atoms with Gasteiger partial charge in [0, 0.05) is 0 Å². The van der Waals surface area contributed by atoms with E-state index < -0.39 is 60.2 Å². The van der Waals surface area contributed by atoms with Crippen molar-refractivity contribution in [2.45, 2.75) is 71.6 Å². The summed E-state index contributed by atoms with van der Waals surface area (Å²) in [6.07, 6.45) is 0.144. The largest absolute Gasteiger partial charge is 0.480 e. The zero-order valence-electron chi connectivity index (χ0n) is 17.5. The second-order valence-electron chi connectivity index (χ2n) is 7.44. The SMILES string of the molecule is CCC(C)C(N)C(=O)NC(C(=O)NC(CC(N)=O)C(=O)NC(C)C(=O)O)C(C)C. The Morgan fingerprint density at radius 1 is 0.897 bits per heavy atom. The first-order valence-corrected chi connectivity index (χ1v) is 9.49. The highest BCUT2D eigenvalue weighted by Crippen LogP contribution is 2.08. The van der Waals surface area contributed by atoms with Gasteiger partial charge in [-0.1, -0.05) is 34.1 Å². The third-order valence-electron chi connectivity index (χ3n) is 4.57. The molecule has 4 amide bonds. The molecule has 11 nitrogen and oxygen atoms in total. The molecule has 0 aliphatic carbocycles. The number of hydrogen-bond acceptors (Lipinski definition) is 6. The van der Waals surface area contributed by atoms with Gasteiger partial charge in [-0.2, -0.15) is 0 Å². The lowest BCUT2D eigenvalue weighted by atomic mass is 9.97. The molecule has 29 heavy (non-hydrogen) atoms. The van der Waals surface area contributed by atoms with Crippen molar-refractivity contribution in [3.8, 4) is 0 Å². The molecule has 11 heteroatoms. The zero-order chi connectivity index (χ0) is 22.9. The maximum Gasteiger partial charge on any atom is 0.325 e. The third kappa shape index (κ3) is 8.90. The van der Waals surface area contributed by atoms with Crippen molar-refractivity contribution in [2.24, 2.45) is 23.3 Å². The summed E-state index contributed by atoms with van der Waals surface area (Å²) in [4.78, 5) is 59.5. The fraction of sp³-hybridized carbons (Fsp3) is 0.722. The minimum absolute atomic E-state index is 0.100. The number of amides is 4. The van der Waals surface area contributed by atoms with Crippen LogP contribution in [-0.4, -0.2) is 58.9 Å². The van der Waals surface area contributed by atoms with E-state index in [1.165, 1.54) is 6.92 Å². The molecule has 0 rings (SSSR count). The second kappa shape index (κ2) is 12.0. The molecular formula is C18H33N5O6. The Morgan fingerprint density at radius 3 is 1.86 bits per heavy atom. The minimum Gasteiger partial charge on any atom is -0.480 e. The van der Waals surface area contributed by atoms with Crippen LogP contribution in [0.15, 0.2) is 0 Å². The monoisotopic (exact) mass is 415 g/mol. The van der Waals surface area contributed by atoms with Gasteiger partial charge in [-0.3, -0.25) is 24.0 Å². The van der Waals surface area contributed by atoms with Crippen LogP contribution in [0.4, 0.5) is 0 Å². The van der Waals surface area contributed by atoms with Crippen LogP contribution in [0.1, 0.15) is 47.5 Å². The number of carboxylic acids is 1. The Morgan fingerprint density at radius 2 is 1.45 bits per heavy atom. The maximum atomic E-state index is 12.7. The van der Waals surface area contributed by atoms with Crippen molar-refractivity contribution in [1.29, 1.82) is 0 Å². The number of primary amides is 1. The van der Waals surface area contributed by atoms with Crippen molar-refractivity contribution in [3.63, 3.8) is 0 Å². The number of aliphatic carboxylic acids is 1. The quantitative estimate of drug-likeness (QED) is 0.222. The minimum atomic E-state index is -1.39. The predicted molar refractivity (Wildman–Crippen MR) is 105 cm³/mol. The number of carbonyl (C=O) groups excluding carboxylic acids is 4. The van der Waals surface area contributed by atoms with E-state index in [4.69, 9.17) is 16.6 Å². The average molecular weight is 415 g/mol. The van der Waals surface area contributed by atoms with Crippen LogP contribution in [0.2, 0.25) is 0 Å². The topological polar surface area (TPSA) is 194 Å². The Balaban J connectivity index is 5.34. The lowest BCUT2D eigenvalue weighted by molar-refractivity contribution is -0.142. The summed E-state index contributed by atoms with van der Waals surface area (Å²) in [6.45, 7) is 8.31. The van der Waals surface area contributed by atoms with E-state index >= 15 is 0 Å². The first-order chi connectivity index (χ1) is 13.3. The molecule has 0 bridgehead atoms. The van der Waals surface area contributed by atoms with E-state index in [0.29, 0.717) is 6.42 Å². The van der Waals surface area contributed by atoms with Gasteiger partial charge in [-0.05, 0) is 18.8 Å². The molecular weight excluding hydrogens is 382 g/mol. The first-order valence-electron chi connectivity index (χ1n) is 9.49. The Kier molecular flexibility index (Phi) is 10.9. The molecule has 8 N–H and O–H groups in total. The molecule has 0 spiro atoms. The summed E-state index contributed by atoms with van der Waals surface area (Å²) in [7, 11) is 0. The van der Waals surface area contributed by atoms with E-state index in [9.17, 15) is 24.0 Å². The average Bonchev–Trinajstić information content (AvgIpc) is 2.62. The van der Waals surface area contributed by atoms with Gasteiger partial charge in [-0.25, -0.2) is 0 Å². The number of hydrogen-bond donors (Lipinski definition) is 6. The smallest absolute Gasteiger partial charge is 0.325 e. The summed E-state index contributed by atoms with van der Waals surface area (Å²) in [5, 5.41) is 16.0. The Bertz CT molecular complexity index is 624. The van der Waals surface area contributed by atoms with Crippen molar-refractivity contribution in [2.75, 3.05) is 0 Å². The number of carbonyl (C=O) groups is 5. The highest BCUT2D eigenvalue weighted by molar-refractivity contribution is 5.96. The normalized spacial score (nSPS) is 16.1. The number of nitrogens with two attached hydrogens (primary N) is 2. The van der Waals surface area contributed by atoms with Gasteiger partial charge in [0.15, 0.2) is 0 Å². The van der Waals surface area contributed by atoms with E-state index in [1.807, 2.05) is 13.8 Å². The van der Waals surface area contributed by atoms with Crippen molar-refractivity contribution in [1.82, 2.24) is 16.0 Å². The van der Waals surface area contributed by atoms with Crippen LogP contribution in [0.5, 0.6) is 0 Å². The Labute approximate surface area is 170 Å². The van der Waals surface area contributed by atoms with E-state index in [0.717, 1.165) is 0 Å². The molecule has 0 aromatic carbocycles. The van der Waals surface area contributed by atoms with Gasteiger partial charge in [-0.15, -0.1) is 0 Å². The van der Waals surface area contributed by atoms with Gasteiger partial charge < -0.3 is 32.5 Å². The molecule has 0 aromatic heterocycles. The molecule has 0 aliphatic heterocycles. The lowest BCUT2D eigenvalue weighted by Gasteiger charge is -2.27. The van der Waals surface area contributed by atoms with E-state index in [-0.39, 0.29) is 11.8 Å². The predicted octanol–water partition coefficient (Wildman–Crippen LogP) is -1.55. The molecule has 0 saturated carbocycles. The van der Waals surface area contributed by atoms with Crippen molar-refractivity contribution in [3.05, 3.63) is 0 Å². The highest BCUT2D eigenvalue weighted by atomic mass is 16.4. The van der Waals surface area contributed by atoms with E-state index in [2.05, 4.69) is 16.0 Å². The fourth-order valence-electron chi connectivity index (χ4n) is 2.34. The van der Waals surface area contributed by atoms with Gasteiger partial charge in [0.25, 0.3) is 0 Å². The molecule has 166 valence electrons. The summed E-state index contributed by atoms with van der Waals surface area (Å²) >= 11 is 0. The molecule has 0 radical (unpaired) electrons. The van der Waals surface area contributed by atoms with E-state index in [1.54, 1.807) is 13.8 Å². The molecule has 0 heterocycles. The molecule has 5 unspecified atom stereocenters. The van der Waals surface area contributed by atoms with Crippen molar-refractivity contribution >= 4 is 29.6 Å². The van der Waals surface area contributed by atoms with Crippen LogP contribution in [0.25, 0.3) is 0 Å². The molecule has 0 saturated heterocycles. The van der Waals surface area contributed by atoms with Crippen LogP contribution < -0.4 is 27.4 Å². The molecule has 0 fully saturated rings. The second-order valence-corrected chi connectivity index (χ2v) is 7.44. The lowest BCUT2D eigenvalue weighted by Crippen LogP contribution is -2.59. The van der Waals surface area contributed by atoms with Crippen LogP contribution in [-0.2, 0) is 24.0 Å². The first kappa shape index (κ1) is 26.3. The van der Waals surface area contributed by atoms with Crippen LogP contribution in [0, 0.1) is 11.8 Å². The van der Waals surface area contributed by atoms with Crippen LogP contribution >= 0.6 is 0 Å². The number of rotatable bonds is 12. The number of nitrogens with one attached hydrogen (secondary N) is 3. The molecule has 0 aromatic rings. The summed E-state index contributed by atoms with van der Waals surface area (Å²) in [5.41, 5.74) is 11.0. The molecule has 5 atom stereocenters. The van der Waals surface area contributed by atoms with Gasteiger partial charge >= 0.3 is 5.97 Å². The fourth-order valence-corrected chi connectivity index (χ4v) is 2.34. The summed E-state index contributed by atoms with van der Waals surface area (Å²) in [6, 6.07) is -4.44. The van der Waals surface area contributed by atoms with Crippen molar-refractivity contribution < 1.29 is 29.1 Å². The van der Waals surface area contributed by atoms with Gasteiger partial charge in [0.05, 0.1) is 12.5 Å². The standard InChI is InChI=1S/C18H33N5O6/c1-6-9(4)13(20)16(26)23-14(8(2)3)17(27)22-11(7-12(19)24)15(25)21-10(5)18(28)29/h8-11,13-14H,6-7,20H2,1-5H3,(H2,19,24)(H,21,25)(H,22,27)(H,23,26)(H,28,29). The summed E-state index contributed by atoms with van der Waals surface area (Å²) < 4.78 is 0. The van der Waals surface area contributed by atoms with Crippen LogP contribution in [0.3, 0.4) is 0 Å². The zero-order valence-corrected chi connectivity index (χ0v) is 17.5. The molecule has 0 aliphatic rings. The third-order valence-corrected chi connectivity index (χ3v) is 4.57. The Hall–Kier alpha value is -2.69. The van der Waals surface area contributed by atoms with Gasteiger partial charge in [0.2, 0.25) is 23.6 Å².